The summed E-state index contributed by atoms with van der Waals surface area (Å²) in [5, 5.41) is 6.58. The van der Waals surface area contributed by atoms with Crippen molar-refractivity contribution in [3.05, 3.63) is 23.5 Å². The number of imide groups is 1. The van der Waals surface area contributed by atoms with Crippen molar-refractivity contribution in [2.24, 2.45) is 7.05 Å². The van der Waals surface area contributed by atoms with Crippen LogP contribution in [0.4, 0.5) is 15.0 Å². The van der Waals surface area contributed by atoms with Crippen molar-refractivity contribution in [3.8, 4) is 12.3 Å². The predicted molar refractivity (Wildman–Crippen MR) is 74.1 cm³/mol. The molecule has 6 nitrogen and oxygen atoms in total. The Hall–Kier alpha value is -2.88. The first-order chi connectivity index (χ1) is 10.0. The van der Waals surface area contributed by atoms with Crippen LogP contribution in [0.25, 0.3) is 10.9 Å². The van der Waals surface area contributed by atoms with Crippen molar-refractivity contribution in [2.75, 3.05) is 11.4 Å². The van der Waals surface area contributed by atoms with Crippen molar-refractivity contribution in [2.45, 2.75) is 6.42 Å². The lowest BCUT2D eigenvalue weighted by molar-refractivity contribution is -0.120. The van der Waals surface area contributed by atoms with E-state index in [1.165, 1.54) is 15.6 Å². The molecule has 3 amide bonds. The number of rotatable bonds is 1. The fourth-order valence-electron chi connectivity index (χ4n) is 2.35. The summed E-state index contributed by atoms with van der Waals surface area (Å²) in [6, 6.07) is 2.24. The van der Waals surface area contributed by atoms with Crippen molar-refractivity contribution in [3.63, 3.8) is 0 Å². The van der Waals surface area contributed by atoms with Crippen molar-refractivity contribution in [1.82, 2.24) is 15.1 Å². The van der Waals surface area contributed by atoms with E-state index in [-0.39, 0.29) is 30.1 Å². The van der Waals surface area contributed by atoms with Gasteiger partial charge in [-0.1, -0.05) is 5.92 Å². The van der Waals surface area contributed by atoms with Crippen LogP contribution in [0.15, 0.2) is 12.1 Å². The summed E-state index contributed by atoms with van der Waals surface area (Å²) in [5.41, 5.74) is 0.885. The molecule has 1 aromatic heterocycles. The number of aromatic nitrogens is 2. The van der Waals surface area contributed by atoms with Crippen LogP contribution in [0.1, 0.15) is 12.0 Å². The number of nitrogens with one attached hydrogen (secondary N) is 1. The molecule has 0 aliphatic carbocycles. The molecular formula is C14H11FN4O2. The third-order valence-electron chi connectivity index (χ3n) is 3.36. The number of nitrogens with zero attached hydrogens (tertiary/aromatic N) is 3. The van der Waals surface area contributed by atoms with E-state index < -0.39 is 11.8 Å². The van der Waals surface area contributed by atoms with Crippen molar-refractivity contribution < 1.29 is 14.0 Å². The molecule has 0 atom stereocenters. The lowest BCUT2D eigenvalue weighted by atomic mass is 10.1. The normalized spacial score (nSPS) is 15.2. The van der Waals surface area contributed by atoms with Gasteiger partial charge in [-0.25, -0.2) is 9.18 Å². The third-order valence-corrected chi connectivity index (χ3v) is 3.36. The maximum Gasteiger partial charge on any atom is 0.329 e. The lowest BCUT2D eigenvalue weighted by Gasteiger charge is -2.24. The molecule has 3 rings (SSSR count). The molecule has 0 bridgehead atoms. The Balaban J connectivity index is 2.18. The molecule has 1 fully saturated rings. The number of carbonyl (C=O) groups is 2. The first-order valence-electron chi connectivity index (χ1n) is 6.25. The lowest BCUT2D eigenvalue weighted by Crippen LogP contribution is -2.49. The number of fused-ring (bicyclic) bond motifs is 1. The Morgan fingerprint density at radius 3 is 2.86 bits per heavy atom. The highest BCUT2D eigenvalue weighted by atomic mass is 19.1. The average Bonchev–Trinajstić information content (AvgIpc) is 2.76. The van der Waals surface area contributed by atoms with E-state index in [1.54, 1.807) is 13.1 Å². The van der Waals surface area contributed by atoms with Crippen LogP contribution in [-0.2, 0) is 11.8 Å². The number of amides is 3. The second-order valence-corrected chi connectivity index (χ2v) is 4.70. The van der Waals surface area contributed by atoms with E-state index in [1.807, 2.05) is 0 Å². The van der Waals surface area contributed by atoms with Crippen LogP contribution in [0.3, 0.4) is 0 Å². The number of anilines is 1. The van der Waals surface area contributed by atoms with E-state index in [9.17, 15) is 14.0 Å². The smallest absolute Gasteiger partial charge is 0.278 e. The van der Waals surface area contributed by atoms with Crippen LogP contribution in [0.2, 0.25) is 0 Å². The van der Waals surface area contributed by atoms with Gasteiger partial charge >= 0.3 is 6.03 Å². The summed E-state index contributed by atoms with van der Waals surface area (Å²) < 4.78 is 15.7. The third kappa shape index (κ3) is 2.01. The van der Waals surface area contributed by atoms with Gasteiger partial charge in [0.15, 0.2) is 5.82 Å². The number of terminal acetylenes is 1. The minimum atomic E-state index is -0.605. The standard InChI is InChI=1S/C14H11FN4O2/c1-3-8-6-9(15)12-10(7-8)18(2)17-13(12)19-5-4-11(20)16-14(19)21/h1,6-7H,4-5H2,2H3,(H,16,20,21). The molecule has 1 aliphatic rings. The zero-order valence-electron chi connectivity index (χ0n) is 11.2. The molecule has 0 saturated carbocycles. The quantitative estimate of drug-likeness (QED) is 0.799. The average molecular weight is 286 g/mol. The molecule has 1 aliphatic heterocycles. The first-order valence-corrected chi connectivity index (χ1v) is 6.25. The molecule has 2 aromatic rings. The summed E-state index contributed by atoms with van der Waals surface area (Å²) in [4.78, 5) is 24.3. The van der Waals surface area contributed by atoms with Crippen LogP contribution in [-0.4, -0.2) is 28.3 Å². The van der Waals surface area contributed by atoms with Gasteiger partial charge in [-0.2, -0.15) is 5.10 Å². The Morgan fingerprint density at radius 1 is 1.43 bits per heavy atom. The number of urea groups is 1. The van der Waals surface area contributed by atoms with Gasteiger partial charge in [0, 0.05) is 25.6 Å². The molecule has 2 heterocycles. The molecule has 106 valence electrons. The van der Waals surface area contributed by atoms with E-state index >= 15 is 0 Å². The number of carbonyl (C=O) groups excluding carboxylic acids is 2. The van der Waals surface area contributed by atoms with Gasteiger partial charge in [-0.3, -0.25) is 19.7 Å². The topological polar surface area (TPSA) is 67.2 Å². The maximum absolute atomic E-state index is 14.3. The molecule has 1 N–H and O–H groups in total. The highest BCUT2D eigenvalue weighted by molar-refractivity contribution is 6.09. The molecular weight excluding hydrogens is 275 g/mol. The molecule has 0 unspecified atom stereocenters. The Morgan fingerprint density at radius 2 is 2.19 bits per heavy atom. The van der Waals surface area contributed by atoms with E-state index in [2.05, 4.69) is 16.3 Å². The second-order valence-electron chi connectivity index (χ2n) is 4.70. The number of hydrogen-bond acceptors (Lipinski definition) is 3. The van der Waals surface area contributed by atoms with E-state index in [4.69, 9.17) is 6.42 Å². The van der Waals surface area contributed by atoms with Gasteiger partial charge in [0.05, 0.1) is 10.9 Å². The molecule has 1 aromatic carbocycles. The molecule has 0 radical (unpaired) electrons. The Kier molecular flexibility index (Phi) is 2.87. The zero-order valence-corrected chi connectivity index (χ0v) is 11.2. The van der Waals surface area contributed by atoms with Gasteiger partial charge in [-0.15, -0.1) is 6.42 Å². The summed E-state index contributed by atoms with van der Waals surface area (Å²) in [6.07, 6.45) is 5.44. The SMILES string of the molecule is C#Cc1cc(F)c2c(N3CCC(=O)NC3=O)nn(C)c2c1. The largest absolute Gasteiger partial charge is 0.329 e. The van der Waals surface area contributed by atoms with Crippen LogP contribution < -0.4 is 10.2 Å². The van der Waals surface area contributed by atoms with Gasteiger partial charge < -0.3 is 0 Å². The van der Waals surface area contributed by atoms with Gasteiger partial charge in [-0.05, 0) is 12.1 Å². The summed E-state index contributed by atoms with van der Waals surface area (Å²) in [6.45, 7) is 0.160. The van der Waals surface area contributed by atoms with Crippen LogP contribution in [0, 0.1) is 18.2 Å². The number of hydrogen-bond donors (Lipinski definition) is 1. The van der Waals surface area contributed by atoms with Crippen LogP contribution in [0.5, 0.6) is 0 Å². The fourth-order valence-corrected chi connectivity index (χ4v) is 2.35. The molecule has 0 spiro atoms. The molecule has 1 saturated heterocycles. The van der Waals surface area contributed by atoms with Crippen molar-refractivity contribution in [1.29, 1.82) is 0 Å². The molecule has 7 heteroatoms. The summed E-state index contributed by atoms with van der Waals surface area (Å²) in [7, 11) is 1.64. The Bertz CT molecular complexity index is 818. The van der Waals surface area contributed by atoms with Crippen LogP contribution >= 0.6 is 0 Å². The minimum Gasteiger partial charge on any atom is -0.278 e. The monoisotopic (exact) mass is 286 g/mol. The van der Waals surface area contributed by atoms with Crippen molar-refractivity contribution >= 4 is 28.7 Å². The highest BCUT2D eigenvalue weighted by Gasteiger charge is 2.29. The van der Waals surface area contributed by atoms with E-state index in [0.717, 1.165) is 0 Å². The van der Waals surface area contributed by atoms with Gasteiger partial charge in [0.1, 0.15) is 5.82 Å². The Labute approximate surface area is 119 Å². The molecule has 21 heavy (non-hydrogen) atoms. The second kappa shape index (κ2) is 4.59. The summed E-state index contributed by atoms with van der Waals surface area (Å²) >= 11 is 0. The zero-order chi connectivity index (χ0) is 15.1. The number of aryl methyl sites for hydroxylation is 1. The number of benzene rings is 1. The minimum absolute atomic E-state index is 0.147. The van der Waals surface area contributed by atoms with E-state index in [0.29, 0.717) is 11.1 Å². The fraction of sp³-hybridized carbons (Fsp3) is 0.214. The highest BCUT2D eigenvalue weighted by Crippen LogP contribution is 2.30. The summed E-state index contributed by atoms with van der Waals surface area (Å²) in [5.74, 6) is 1.65. The van der Waals surface area contributed by atoms with Gasteiger partial charge in [0.2, 0.25) is 5.91 Å². The van der Waals surface area contributed by atoms with Gasteiger partial charge in [0.25, 0.3) is 0 Å². The number of halogens is 1. The predicted octanol–water partition coefficient (Wildman–Crippen LogP) is 1.14. The maximum atomic E-state index is 14.3. The first kappa shape index (κ1) is 13.1.